The van der Waals surface area contributed by atoms with Gasteiger partial charge in [-0.05, 0) is 25.1 Å². The molecule has 1 atom stereocenters. The number of methoxy groups -OCH3 is 2. The number of benzene rings is 1. The summed E-state index contributed by atoms with van der Waals surface area (Å²) in [4.78, 5) is 12.1. The molecule has 0 aromatic heterocycles. The van der Waals surface area contributed by atoms with E-state index in [1.807, 2.05) is 25.1 Å². The smallest absolute Gasteiger partial charge is 0.223 e. The molecule has 1 aliphatic rings. The molecule has 0 radical (unpaired) electrons. The highest BCUT2D eigenvalue weighted by Crippen LogP contribution is 2.30. The second-order valence-corrected chi connectivity index (χ2v) is 5.08. The minimum atomic E-state index is 0.0350. The predicted octanol–water partition coefficient (Wildman–Crippen LogP) is 1.18. The fourth-order valence-electron chi connectivity index (χ4n) is 2.31. The summed E-state index contributed by atoms with van der Waals surface area (Å²) in [5.74, 6) is 1.92. The van der Waals surface area contributed by atoms with Gasteiger partial charge in [-0.25, -0.2) is 0 Å². The maximum Gasteiger partial charge on any atom is 0.223 e. The summed E-state index contributed by atoms with van der Waals surface area (Å²) >= 11 is 0. The number of hydrogen-bond acceptors (Lipinski definition) is 4. The minimum Gasteiger partial charge on any atom is -0.493 e. The topological polar surface area (TPSA) is 59.6 Å². The second kappa shape index (κ2) is 6.61. The van der Waals surface area contributed by atoms with E-state index in [1.165, 1.54) is 0 Å². The van der Waals surface area contributed by atoms with E-state index in [0.717, 1.165) is 18.7 Å². The van der Waals surface area contributed by atoms with Crippen molar-refractivity contribution in [3.8, 4) is 11.5 Å². The molecule has 2 N–H and O–H groups in total. The summed E-state index contributed by atoms with van der Waals surface area (Å²) in [6.07, 6.45) is 0. The van der Waals surface area contributed by atoms with Crippen molar-refractivity contribution >= 4 is 5.91 Å². The molecule has 1 aromatic rings. The monoisotopic (exact) mass is 278 g/mol. The van der Waals surface area contributed by atoms with E-state index in [-0.39, 0.29) is 11.8 Å². The highest BCUT2D eigenvalue weighted by atomic mass is 16.5. The average Bonchev–Trinajstić information content (AvgIpc) is 2.41. The fraction of sp³-hybridized carbons (Fsp3) is 0.533. The molecule has 0 bridgehead atoms. The van der Waals surface area contributed by atoms with Crippen LogP contribution in [-0.4, -0.2) is 33.2 Å². The van der Waals surface area contributed by atoms with Crippen LogP contribution >= 0.6 is 0 Å². The van der Waals surface area contributed by atoms with Crippen molar-refractivity contribution in [2.45, 2.75) is 13.5 Å². The maximum absolute atomic E-state index is 12.1. The lowest BCUT2D eigenvalue weighted by molar-refractivity contribution is -0.126. The molecule has 20 heavy (non-hydrogen) atoms. The summed E-state index contributed by atoms with van der Waals surface area (Å²) in [5.41, 5.74) is 0.916. The fourth-order valence-corrected chi connectivity index (χ4v) is 2.31. The number of nitrogens with one attached hydrogen (secondary N) is 2. The van der Waals surface area contributed by atoms with Gasteiger partial charge in [0.25, 0.3) is 0 Å². The molecule has 1 aliphatic heterocycles. The van der Waals surface area contributed by atoms with Gasteiger partial charge >= 0.3 is 0 Å². The molecule has 1 aromatic carbocycles. The van der Waals surface area contributed by atoms with Gasteiger partial charge in [0, 0.05) is 18.0 Å². The quantitative estimate of drug-likeness (QED) is 0.820. The summed E-state index contributed by atoms with van der Waals surface area (Å²) in [7, 11) is 3.21. The van der Waals surface area contributed by atoms with E-state index in [9.17, 15) is 4.79 Å². The van der Waals surface area contributed by atoms with E-state index in [0.29, 0.717) is 24.0 Å². The molecule has 0 spiro atoms. The zero-order valence-electron chi connectivity index (χ0n) is 12.2. The Kier molecular flexibility index (Phi) is 4.84. The van der Waals surface area contributed by atoms with Crippen LogP contribution in [0, 0.1) is 11.8 Å². The van der Waals surface area contributed by atoms with Crippen molar-refractivity contribution in [1.29, 1.82) is 0 Å². The Labute approximate surface area is 119 Å². The average molecular weight is 278 g/mol. The van der Waals surface area contributed by atoms with Crippen LogP contribution in [-0.2, 0) is 11.3 Å². The molecule has 1 saturated heterocycles. The third kappa shape index (κ3) is 3.04. The molecule has 2 rings (SSSR count). The van der Waals surface area contributed by atoms with Crippen LogP contribution in [0.5, 0.6) is 11.5 Å². The van der Waals surface area contributed by atoms with Crippen molar-refractivity contribution < 1.29 is 14.3 Å². The molecule has 1 fully saturated rings. The second-order valence-electron chi connectivity index (χ2n) is 5.08. The number of amides is 1. The van der Waals surface area contributed by atoms with Gasteiger partial charge in [0.1, 0.15) is 0 Å². The number of para-hydroxylation sites is 1. The molecule has 5 nitrogen and oxygen atoms in total. The molecule has 0 aliphatic carbocycles. The van der Waals surface area contributed by atoms with Crippen LogP contribution in [0.4, 0.5) is 0 Å². The van der Waals surface area contributed by atoms with E-state index in [1.54, 1.807) is 14.2 Å². The molecule has 0 saturated carbocycles. The van der Waals surface area contributed by atoms with Crippen LogP contribution in [0.25, 0.3) is 0 Å². The Morgan fingerprint density at radius 1 is 1.40 bits per heavy atom. The summed E-state index contributed by atoms with van der Waals surface area (Å²) < 4.78 is 10.6. The normalized spacial score (nSPS) is 16.1. The Hall–Kier alpha value is -1.75. The van der Waals surface area contributed by atoms with Gasteiger partial charge in [0.2, 0.25) is 5.91 Å². The van der Waals surface area contributed by atoms with Crippen LogP contribution < -0.4 is 20.1 Å². The van der Waals surface area contributed by atoms with E-state index in [4.69, 9.17) is 9.47 Å². The molecule has 110 valence electrons. The predicted molar refractivity (Wildman–Crippen MR) is 76.9 cm³/mol. The van der Waals surface area contributed by atoms with Gasteiger partial charge in [-0.2, -0.15) is 0 Å². The number of carbonyl (C=O) groups is 1. The molecule has 1 unspecified atom stereocenters. The highest BCUT2D eigenvalue weighted by molar-refractivity contribution is 5.78. The lowest BCUT2D eigenvalue weighted by Crippen LogP contribution is -2.49. The number of rotatable bonds is 6. The van der Waals surface area contributed by atoms with Crippen molar-refractivity contribution in [2.75, 3.05) is 27.3 Å². The van der Waals surface area contributed by atoms with Crippen LogP contribution in [0.1, 0.15) is 12.5 Å². The molecule has 1 heterocycles. The van der Waals surface area contributed by atoms with Crippen LogP contribution in [0.2, 0.25) is 0 Å². The number of ether oxygens (including phenoxy) is 2. The largest absolute Gasteiger partial charge is 0.493 e. The first-order valence-electron chi connectivity index (χ1n) is 6.85. The van der Waals surface area contributed by atoms with E-state index < -0.39 is 0 Å². The van der Waals surface area contributed by atoms with Crippen molar-refractivity contribution in [3.63, 3.8) is 0 Å². The number of carbonyl (C=O) groups excluding carboxylic acids is 1. The standard InChI is InChI=1S/C15H22N2O3/c1-10(12-7-16-8-12)15(18)17-9-11-5-4-6-13(19-2)14(11)20-3/h4-6,10,12,16H,7-9H2,1-3H3,(H,17,18). The maximum atomic E-state index is 12.1. The summed E-state index contributed by atoms with van der Waals surface area (Å²) in [5, 5.41) is 6.16. The van der Waals surface area contributed by atoms with Gasteiger partial charge in [0.15, 0.2) is 11.5 Å². The number of hydrogen-bond donors (Lipinski definition) is 2. The summed E-state index contributed by atoms with van der Waals surface area (Å²) in [6, 6.07) is 5.66. The first-order chi connectivity index (χ1) is 9.67. The molecular formula is C15H22N2O3. The zero-order valence-corrected chi connectivity index (χ0v) is 12.2. The van der Waals surface area contributed by atoms with E-state index in [2.05, 4.69) is 10.6 Å². The Morgan fingerprint density at radius 2 is 2.15 bits per heavy atom. The molecule has 5 heteroatoms. The van der Waals surface area contributed by atoms with Crippen LogP contribution in [0.15, 0.2) is 18.2 Å². The van der Waals surface area contributed by atoms with Crippen molar-refractivity contribution in [2.24, 2.45) is 11.8 Å². The van der Waals surface area contributed by atoms with Gasteiger partial charge in [-0.15, -0.1) is 0 Å². The molecular weight excluding hydrogens is 256 g/mol. The van der Waals surface area contributed by atoms with Gasteiger partial charge < -0.3 is 20.1 Å². The lowest BCUT2D eigenvalue weighted by Gasteiger charge is -2.31. The molecule has 1 amide bonds. The van der Waals surface area contributed by atoms with Crippen LogP contribution in [0.3, 0.4) is 0 Å². The van der Waals surface area contributed by atoms with Crippen molar-refractivity contribution in [3.05, 3.63) is 23.8 Å². The van der Waals surface area contributed by atoms with Crippen molar-refractivity contribution in [1.82, 2.24) is 10.6 Å². The van der Waals surface area contributed by atoms with Gasteiger partial charge in [0.05, 0.1) is 14.2 Å². The minimum absolute atomic E-state index is 0.0350. The first kappa shape index (κ1) is 14.7. The first-order valence-corrected chi connectivity index (χ1v) is 6.85. The highest BCUT2D eigenvalue weighted by Gasteiger charge is 2.28. The SMILES string of the molecule is COc1cccc(CNC(=O)C(C)C2CNC2)c1OC. The Bertz CT molecular complexity index is 472. The Morgan fingerprint density at radius 3 is 2.70 bits per heavy atom. The summed E-state index contributed by atoms with van der Waals surface area (Å²) in [6.45, 7) is 4.28. The van der Waals surface area contributed by atoms with Gasteiger partial charge in [-0.1, -0.05) is 19.1 Å². The third-order valence-electron chi connectivity index (χ3n) is 3.87. The van der Waals surface area contributed by atoms with Gasteiger partial charge in [-0.3, -0.25) is 4.79 Å². The zero-order chi connectivity index (χ0) is 14.5. The third-order valence-corrected chi connectivity index (χ3v) is 3.87. The lowest BCUT2D eigenvalue weighted by atomic mass is 9.88. The Balaban J connectivity index is 1.98. The van der Waals surface area contributed by atoms with E-state index >= 15 is 0 Å².